The molecule has 17 heavy (non-hydrogen) atoms. The molecule has 0 radical (unpaired) electrons. The third kappa shape index (κ3) is 5.14. The van der Waals surface area contributed by atoms with Gasteiger partial charge in [0.05, 0.1) is 0 Å². The highest BCUT2D eigenvalue weighted by Crippen LogP contribution is 2.09. The van der Waals surface area contributed by atoms with Gasteiger partial charge in [0.1, 0.15) is 0 Å². The predicted molar refractivity (Wildman–Crippen MR) is 72.3 cm³/mol. The van der Waals surface area contributed by atoms with Crippen molar-refractivity contribution in [2.24, 2.45) is 0 Å². The van der Waals surface area contributed by atoms with Crippen molar-refractivity contribution in [2.45, 2.75) is 52.6 Å². The first kappa shape index (κ1) is 13.9. The molecular formula is C15H23NO. The zero-order valence-electron chi connectivity index (χ0n) is 11.3. The van der Waals surface area contributed by atoms with Crippen LogP contribution in [0, 0.1) is 0 Å². The average Bonchev–Trinajstić information content (AvgIpc) is 2.26. The first-order chi connectivity index (χ1) is 7.92. The van der Waals surface area contributed by atoms with E-state index in [0.717, 1.165) is 18.5 Å². The van der Waals surface area contributed by atoms with Gasteiger partial charge in [0.25, 0.3) is 0 Å². The molecule has 0 unspecified atom stereocenters. The summed E-state index contributed by atoms with van der Waals surface area (Å²) in [5.74, 6) is 0.239. The van der Waals surface area contributed by atoms with Gasteiger partial charge in [-0.15, -0.1) is 0 Å². The maximum absolute atomic E-state index is 11.7. The molecule has 0 aromatic heterocycles. The predicted octanol–water partition coefficient (Wildman–Crippen LogP) is 3.56. The Morgan fingerprint density at radius 3 is 2.24 bits per heavy atom. The molecule has 0 atom stereocenters. The average molecular weight is 233 g/mol. The number of hydrogen-bond acceptors (Lipinski definition) is 2. The fourth-order valence-corrected chi connectivity index (χ4v) is 1.55. The zero-order valence-corrected chi connectivity index (χ0v) is 11.3. The van der Waals surface area contributed by atoms with Crippen LogP contribution in [0.25, 0.3) is 0 Å². The monoisotopic (exact) mass is 233 g/mol. The van der Waals surface area contributed by atoms with Crippen molar-refractivity contribution in [2.75, 3.05) is 0 Å². The summed E-state index contributed by atoms with van der Waals surface area (Å²) >= 11 is 0. The van der Waals surface area contributed by atoms with Crippen molar-refractivity contribution in [3.63, 3.8) is 0 Å². The Hall–Kier alpha value is -1.15. The number of carbonyl (C=O) groups is 1. The van der Waals surface area contributed by atoms with Crippen LogP contribution < -0.4 is 5.32 Å². The summed E-state index contributed by atoms with van der Waals surface area (Å²) in [7, 11) is 0. The van der Waals surface area contributed by atoms with Gasteiger partial charge in [-0.1, -0.05) is 31.2 Å². The van der Waals surface area contributed by atoms with E-state index in [2.05, 4.69) is 26.1 Å². The Morgan fingerprint density at radius 1 is 1.18 bits per heavy atom. The lowest BCUT2D eigenvalue weighted by Gasteiger charge is -2.20. The van der Waals surface area contributed by atoms with Gasteiger partial charge >= 0.3 is 0 Å². The summed E-state index contributed by atoms with van der Waals surface area (Å²) in [4.78, 5) is 11.7. The molecule has 94 valence electrons. The van der Waals surface area contributed by atoms with Crippen LogP contribution in [0.15, 0.2) is 24.3 Å². The van der Waals surface area contributed by atoms with E-state index in [-0.39, 0.29) is 11.3 Å². The van der Waals surface area contributed by atoms with Crippen molar-refractivity contribution in [1.82, 2.24) is 5.32 Å². The van der Waals surface area contributed by atoms with Crippen molar-refractivity contribution >= 4 is 5.78 Å². The second kappa shape index (κ2) is 5.97. The van der Waals surface area contributed by atoms with E-state index in [1.807, 2.05) is 31.2 Å². The third-order valence-corrected chi connectivity index (χ3v) is 2.58. The fraction of sp³-hybridized carbons (Fsp3) is 0.533. The quantitative estimate of drug-likeness (QED) is 0.788. The zero-order chi connectivity index (χ0) is 12.9. The summed E-state index contributed by atoms with van der Waals surface area (Å²) in [6.45, 7) is 9.30. The maximum atomic E-state index is 11.7. The van der Waals surface area contributed by atoms with Gasteiger partial charge in [-0.2, -0.15) is 0 Å². The van der Waals surface area contributed by atoms with E-state index in [1.165, 1.54) is 5.56 Å². The van der Waals surface area contributed by atoms with Crippen molar-refractivity contribution in [3.05, 3.63) is 35.4 Å². The lowest BCUT2D eigenvalue weighted by atomic mass is 10.0. The molecule has 0 aliphatic heterocycles. The number of Topliss-reactive ketones (excluding diaryl/α,β-unsaturated/α-hetero) is 1. The van der Waals surface area contributed by atoms with Crippen LogP contribution in [0.4, 0.5) is 0 Å². The van der Waals surface area contributed by atoms with Gasteiger partial charge in [-0.25, -0.2) is 0 Å². The molecule has 1 rings (SSSR count). The summed E-state index contributed by atoms with van der Waals surface area (Å²) < 4.78 is 0. The molecule has 2 nitrogen and oxygen atoms in total. The van der Waals surface area contributed by atoms with Crippen LogP contribution in [-0.2, 0) is 6.54 Å². The minimum atomic E-state index is 0.122. The number of nitrogens with one attached hydrogen (secondary N) is 1. The highest BCUT2D eigenvalue weighted by atomic mass is 16.1. The normalized spacial score (nSPS) is 11.5. The molecule has 0 heterocycles. The second-order valence-corrected chi connectivity index (χ2v) is 5.47. The molecule has 1 aromatic carbocycles. The highest BCUT2D eigenvalue weighted by molar-refractivity contribution is 5.95. The first-order valence-corrected chi connectivity index (χ1v) is 6.29. The number of ketones is 1. The standard InChI is InChI=1S/C15H23NO/c1-5-6-14(17)13-9-7-12(8-10-13)11-16-15(2,3)4/h7-10,16H,5-6,11H2,1-4H3. The number of hydrogen-bond donors (Lipinski definition) is 1. The molecule has 0 saturated carbocycles. The third-order valence-electron chi connectivity index (χ3n) is 2.58. The summed E-state index contributed by atoms with van der Waals surface area (Å²) in [5, 5.41) is 3.43. The Labute approximate surface area is 104 Å². The van der Waals surface area contributed by atoms with Crippen LogP contribution in [-0.4, -0.2) is 11.3 Å². The molecule has 0 amide bonds. The van der Waals surface area contributed by atoms with Gasteiger partial charge in [0.15, 0.2) is 5.78 Å². The van der Waals surface area contributed by atoms with Crippen molar-refractivity contribution in [1.29, 1.82) is 0 Å². The number of rotatable bonds is 5. The van der Waals surface area contributed by atoms with Gasteiger partial charge < -0.3 is 5.32 Å². The molecule has 0 spiro atoms. The van der Waals surface area contributed by atoms with Crippen LogP contribution in [0.5, 0.6) is 0 Å². The minimum Gasteiger partial charge on any atom is -0.308 e. The van der Waals surface area contributed by atoms with E-state index in [4.69, 9.17) is 0 Å². The molecule has 1 N–H and O–H groups in total. The molecule has 0 aliphatic carbocycles. The highest BCUT2D eigenvalue weighted by Gasteiger charge is 2.09. The van der Waals surface area contributed by atoms with Crippen molar-refractivity contribution in [3.8, 4) is 0 Å². The van der Waals surface area contributed by atoms with Crippen LogP contribution in [0.1, 0.15) is 56.5 Å². The molecule has 0 fully saturated rings. The van der Waals surface area contributed by atoms with E-state index >= 15 is 0 Å². The van der Waals surface area contributed by atoms with Gasteiger partial charge in [-0.05, 0) is 32.8 Å². The van der Waals surface area contributed by atoms with E-state index in [9.17, 15) is 4.79 Å². The molecule has 0 aliphatic rings. The molecule has 2 heteroatoms. The molecule has 0 saturated heterocycles. The second-order valence-electron chi connectivity index (χ2n) is 5.47. The Balaban J connectivity index is 2.59. The molecule has 1 aromatic rings. The minimum absolute atomic E-state index is 0.122. The lowest BCUT2D eigenvalue weighted by Crippen LogP contribution is -2.35. The molecular weight excluding hydrogens is 210 g/mol. The lowest BCUT2D eigenvalue weighted by molar-refractivity contribution is 0.0981. The topological polar surface area (TPSA) is 29.1 Å². The largest absolute Gasteiger partial charge is 0.308 e. The Bertz CT molecular complexity index is 360. The van der Waals surface area contributed by atoms with Crippen LogP contribution >= 0.6 is 0 Å². The van der Waals surface area contributed by atoms with Crippen LogP contribution in [0.3, 0.4) is 0 Å². The van der Waals surface area contributed by atoms with Gasteiger partial charge in [0, 0.05) is 24.1 Å². The SMILES string of the molecule is CCCC(=O)c1ccc(CNC(C)(C)C)cc1. The van der Waals surface area contributed by atoms with Gasteiger partial charge in [0.2, 0.25) is 0 Å². The van der Waals surface area contributed by atoms with E-state index in [0.29, 0.717) is 6.42 Å². The molecule has 0 bridgehead atoms. The summed E-state index contributed by atoms with van der Waals surface area (Å²) in [6.07, 6.45) is 1.55. The Morgan fingerprint density at radius 2 is 1.76 bits per heavy atom. The Kier molecular flexibility index (Phi) is 4.88. The number of benzene rings is 1. The van der Waals surface area contributed by atoms with E-state index < -0.39 is 0 Å². The summed E-state index contributed by atoms with van der Waals surface area (Å²) in [6, 6.07) is 7.92. The smallest absolute Gasteiger partial charge is 0.162 e. The number of carbonyl (C=O) groups excluding carboxylic acids is 1. The summed E-state index contributed by atoms with van der Waals surface area (Å²) in [5.41, 5.74) is 2.16. The maximum Gasteiger partial charge on any atom is 0.162 e. The van der Waals surface area contributed by atoms with E-state index in [1.54, 1.807) is 0 Å². The van der Waals surface area contributed by atoms with Crippen LogP contribution in [0.2, 0.25) is 0 Å². The van der Waals surface area contributed by atoms with Gasteiger partial charge in [-0.3, -0.25) is 4.79 Å². The van der Waals surface area contributed by atoms with Crippen molar-refractivity contribution < 1.29 is 4.79 Å². The first-order valence-electron chi connectivity index (χ1n) is 6.29. The fourth-order valence-electron chi connectivity index (χ4n) is 1.55.